The van der Waals surface area contributed by atoms with E-state index in [1.165, 1.54) is 0 Å². The van der Waals surface area contributed by atoms with Crippen molar-refractivity contribution in [1.29, 1.82) is 0 Å². The lowest BCUT2D eigenvalue weighted by Crippen LogP contribution is -2.42. The summed E-state index contributed by atoms with van der Waals surface area (Å²) in [4.78, 5) is 20.4. The first-order valence-corrected chi connectivity index (χ1v) is 11.5. The predicted molar refractivity (Wildman–Crippen MR) is 121 cm³/mol. The zero-order chi connectivity index (χ0) is 21.8. The molecular weight excluding hydrogens is 394 g/mol. The van der Waals surface area contributed by atoms with Crippen LogP contribution in [0.25, 0.3) is 10.9 Å². The van der Waals surface area contributed by atoms with Crippen LogP contribution in [-0.4, -0.2) is 103 Å². The topological polar surface area (TPSA) is 63.1 Å². The highest BCUT2D eigenvalue weighted by molar-refractivity contribution is 6.06. The van der Waals surface area contributed by atoms with Crippen molar-refractivity contribution in [2.24, 2.45) is 0 Å². The molecule has 0 bridgehead atoms. The standard InChI is InChI=1S/C23H35N5O3/c1-4-25-10-9-18(17-25)27(5-2)23(29)21-19-7-6-8-20(30-3)22(19)28(24-21)12-11-26-13-15-31-16-14-26/h6-8,18H,4-5,9-17H2,1-3H3. The first-order chi connectivity index (χ1) is 15.2. The fraction of sp³-hybridized carbons (Fsp3) is 0.652. The van der Waals surface area contributed by atoms with E-state index in [9.17, 15) is 4.79 Å². The van der Waals surface area contributed by atoms with Gasteiger partial charge in [-0.25, -0.2) is 0 Å². The van der Waals surface area contributed by atoms with Crippen LogP contribution in [0.1, 0.15) is 30.8 Å². The Labute approximate surface area is 184 Å². The summed E-state index contributed by atoms with van der Waals surface area (Å²) >= 11 is 0. The van der Waals surface area contributed by atoms with Crippen LogP contribution in [0.3, 0.4) is 0 Å². The molecule has 0 saturated carbocycles. The first-order valence-electron chi connectivity index (χ1n) is 11.5. The van der Waals surface area contributed by atoms with Gasteiger partial charge in [-0.1, -0.05) is 19.1 Å². The number of amides is 1. The lowest BCUT2D eigenvalue weighted by Gasteiger charge is -2.27. The van der Waals surface area contributed by atoms with E-state index in [0.29, 0.717) is 18.8 Å². The van der Waals surface area contributed by atoms with Crippen molar-refractivity contribution in [2.45, 2.75) is 32.9 Å². The normalized spacial score (nSPS) is 20.4. The van der Waals surface area contributed by atoms with Crippen molar-refractivity contribution in [1.82, 2.24) is 24.5 Å². The number of likely N-dealkylation sites (tertiary alicyclic amines) is 1. The molecule has 1 aromatic heterocycles. The summed E-state index contributed by atoms with van der Waals surface area (Å²) in [5.74, 6) is 0.779. The van der Waals surface area contributed by atoms with Crippen LogP contribution in [0, 0.1) is 0 Å². The third kappa shape index (κ3) is 4.56. The van der Waals surface area contributed by atoms with Crippen LogP contribution in [0.15, 0.2) is 18.2 Å². The quantitative estimate of drug-likeness (QED) is 0.639. The van der Waals surface area contributed by atoms with Gasteiger partial charge in [-0.3, -0.25) is 14.4 Å². The average molecular weight is 430 g/mol. The number of rotatable bonds is 8. The first kappa shape index (κ1) is 22.0. The number of carbonyl (C=O) groups is 1. The maximum atomic E-state index is 13.7. The summed E-state index contributed by atoms with van der Waals surface area (Å²) in [6.45, 7) is 12.9. The van der Waals surface area contributed by atoms with Crippen LogP contribution in [0.2, 0.25) is 0 Å². The maximum Gasteiger partial charge on any atom is 0.275 e. The fourth-order valence-electron chi connectivity index (χ4n) is 4.81. The predicted octanol–water partition coefficient (Wildman–Crippen LogP) is 1.93. The summed E-state index contributed by atoms with van der Waals surface area (Å²) in [6, 6.07) is 6.12. The van der Waals surface area contributed by atoms with E-state index in [1.54, 1.807) is 7.11 Å². The molecule has 1 amide bonds. The van der Waals surface area contributed by atoms with Crippen molar-refractivity contribution in [3.63, 3.8) is 0 Å². The van der Waals surface area contributed by atoms with Crippen LogP contribution in [0.4, 0.5) is 0 Å². The molecular formula is C23H35N5O3. The van der Waals surface area contributed by atoms with Crippen LogP contribution < -0.4 is 4.74 Å². The second kappa shape index (κ2) is 9.97. The third-order valence-electron chi connectivity index (χ3n) is 6.62. The number of carbonyl (C=O) groups excluding carboxylic acids is 1. The molecule has 2 aliphatic rings. The van der Waals surface area contributed by atoms with Gasteiger partial charge in [0, 0.05) is 50.7 Å². The van der Waals surface area contributed by atoms with Crippen molar-refractivity contribution < 1.29 is 14.3 Å². The molecule has 2 saturated heterocycles. The molecule has 3 heterocycles. The average Bonchev–Trinajstić information content (AvgIpc) is 3.43. The highest BCUT2D eigenvalue weighted by atomic mass is 16.5. The lowest BCUT2D eigenvalue weighted by atomic mass is 10.1. The van der Waals surface area contributed by atoms with Gasteiger partial charge in [-0.15, -0.1) is 0 Å². The summed E-state index contributed by atoms with van der Waals surface area (Å²) in [6.07, 6.45) is 1.02. The van der Waals surface area contributed by atoms with Crippen molar-refractivity contribution >= 4 is 16.8 Å². The second-order valence-electron chi connectivity index (χ2n) is 8.31. The molecule has 1 atom stereocenters. The van der Waals surface area contributed by atoms with E-state index >= 15 is 0 Å². The fourth-order valence-corrected chi connectivity index (χ4v) is 4.81. The number of hydrogen-bond donors (Lipinski definition) is 0. The number of benzene rings is 1. The van der Waals surface area contributed by atoms with Gasteiger partial charge in [0.2, 0.25) is 0 Å². The van der Waals surface area contributed by atoms with Crippen LogP contribution in [0.5, 0.6) is 5.75 Å². The Morgan fingerprint density at radius 1 is 1.19 bits per heavy atom. The Morgan fingerprint density at radius 3 is 2.68 bits per heavy atom. The molecule has 0 N–H and O–H groups in total. The molecule has 2 aliphatic heterocycles. The molecule has 8 nitrogen and oxygen atoms in total. The van der Waals surface area contributed by atoms with E-state index in [2.05, 4.69) is 23.6 Å². The van der Waals surface area contributed by atoms with E-state index < -0.39 is 0 Å². The number of likely N-dealkylation sites (N-methyl/N-ethyl adjacent to an activating group) is 2. The van der Waals surface area contributed by atoms with Crippen LogP contribution >= 0.6 is 0 Å². The lowest BCUT2D eigenvalue weighted by molar-refractivity contribution is 0.0361. The highest BCUT2D eigenvalue weighted by Crippen LogP contribution is 2.29. The van der Waals surface area contributed by atoms with Gasteiger partial charge in [-0.2, -0.15) is 5.10 Å². The summed E-state index contributed by atoms with van der Waals surface area (Å²) in [7, 11) is 1.67. The van der Waals surface area contributed by atoms with E-state index in [1.807, 2.05) is 27.8 Å². The van der Waals surface area contributed by atoms with E-state index in [-0.39, 0.29) is 11.9 Å². The number of fused-ring (bicyclic) bond motifs is 1. The summed E-state index contributed by atoms with van der Waals surface area (Å²) in [5, 5.41) is 5.71. The molecule has 1 unspecified atom stereocenters. The highest BCUT2D eigenvalue weighted by Gasteiger charge is 2.32. The number of nitrogens with zero attached hydrogens (tertiary/aromatic N) is 5. The van der Waals surface area contributed by atoms with Gasteiger partial charge >= 0.3 is 0 Å². The van der Waals surface area contributed by atoms with E-state index in [0.717, 1.165) is 75.6 Å². The number of hydrogen-bond acceptors (Lipinski definition) is 6. The van der Waals surface area contributed by atoms with E-state index in [4.69, 9.17) is 14.6 Å². The van der Waals surface area contributed by atoms with Gasteiger partial charge in [0.25, 0.3) is 5.91 Å². The van der Waals surface area contributed by atoms with Gasteiger partial charge in [0.05, 0.1) is 26.9 Å². The zero-order valence-corrected chi connectivity index (χ0v) is 19.0. The monoisotopic (exact) mass is 429 g/mol. The van der Waals surface area contributed by atoms with Crippen LogP contribution in [-0.2, 0) is 11.3 Å². The summed E-state index contributed by atoms with van der Waals surface area (Å²) in [5.41, 5.74) is 1.44. The number of morpholine rings is 1. The Balaban J connectivity index is 1.63. The molecule has 4 rings (SSSR count). The maximum absolute atomic E-state index is 13.7. The Kier molecular flexibility index (Phi) is 7.09. The van der Waals surface area contributed by atoms with Gasteiger partial charge < -0.3 is 19.3 Å². The Hall–Kier alpha value is -2.16. The molecule has 31 heavy (non-hydrogen) atoms. The van der Waals surface area contributed by atoms with Gasteiger partial charge in [0.1, 0.15) is 11.3 Å². The number of ether oxygens (including phenoxy) is 2. The number of para-hydroxylation sites is 1. The Morgan fingerprint density at radius 2 is 2.00 bits per heavy atom. The second-order valence-corrected chi connectivity index (χ2v) is 8.31. The molecule has 0 aliphatic carbocycles. The number of aromatic nitrogens is 2. The molecule has 2 fully saturated rings. The molecule has 8 heteroatoms. The molecule has 0 radical (unpaired) electrons. The van der Waals surface area contributed by atoms with Gasteiger partial charge in [-0.05, 0) is 26.0 Å². The van der Waals surface area contributed by atoms with Crippen molar-refractivity contribution in [3.8, 4) is 5.75 Å². The molecule has 1 aromatic carbocycles. The Bertz CT molecular complexity index is 893. The third-order valence-corrected chi connectivity index (χ3v) is 6.62. The minimum Gasteiger partial charge on any atom is -0.494 e. The minimum absolute atomic E-state index is 0.0221. The zero-order valence-electron chi connectivity index (χ0n) is 19.0. The largest absolute Gasteiger partial charge is 0.494 e. The smallest absolute Gasteiger partial charge is 0.275 e. The van der Waals surface area contributed by atoms with Gasteiger partial charge in [0.15, 0.2) is 5.69 Å². The summed E-state index contributed by atoms with van der Waals surface area (Å²) < 4.78 is 13.1. The molecule has 0 spiro atoms. The van der Waals surface area contributed by atoms with Crippen molar-refractivity contribution in [2.75, 3.05) is 66.1 Å². The molecule has 2 aromatic rings. The van der Waals surface area contributed by atoms with Crippen molar-refractivity contribution in [3.05, 3.63) is 23.9 Å². The molecule has 170 valence electrons. The SMILES string of the molecule is CCN1CCC(N(CC)C(=O)c2nn(CCN3CCOCC3)c3c(OC)cccc23)C1. The minimum atomic E-state index is 0.0221. The number of methoxy groups -OCH3 is 1.